The molecule has 0 aliphatic heterocycles. The van der Waals surface area contributed by atoms with Gasteiger partial charge in [0.15, 0.2) is 0 Å². The number of fused-ring (bicyclic) bond motifs is 1. The number of unbranched alkanes of at least 4 members (excludes halogenated alkanes) is 1. The highest BCUT2D eigenvalue weighted by molar-refractivity contribution is 5.81. The molecule has 0 saturated carbocycles. The lowest BCUT2D eigenvalue weighted by atomic mass is 10.2. The van der Waals surface area contributed by atoms with Gasteiger partial charge in [0, 0.05) is 30.3 Å². The molecule has 0 aliphatic rings. The molecule has 0 radical (unpaired) electrons. The second kappa shape index (κ2) is 6.23. The molecule has 1 aromatic heterocycles. The summed E-state index contributed by atoms with van der Waals surface area (Å²) in [7, 11) is 0. The molecular formula is C15H18N2O. The van der Waals surface area contributed by atoms with Gasteiger partial charge < -0.3 is 9.30 Å². The van der Waals surface area contributed by atoms with Crippen LogP contribution in [0, 0.1) is 11.3 Å². The summed E-state index contributed by atoms with van der Waals surface area (Å²) < 4.78 is 7.74. The van der Waals surface area contributed by atoms with Crippen LogP contribution in [0.15, 0.2) is 30.5 Å². The number of rotatable bonds is 6. The summed E-state index contributed by atoms with van der Waals surface area (Å²) in [6.45, 7) is 4.60. The van der Waals surface area contributed by atoms with Gasteiger partial charge in [0.1, 0.15) is 0 Å². The fourth-order valence-electron chi connectivity index (χ4n) is 1.98. The number of hydrogen-bond acceptors (Lipinski definition) is 2. The summed E-state index contributed by atoms with van der Waals surface area (Å²) in [5, 5.41) is 9.96. The maximum Gasteiger partial charge on any atom is 0.0991 e. The van der Waals surface area contributed by atoms with Crippen molar-refractivity contribution in [2.75, 3.05) is 13.2 Å². The van der Waals surface area contributed by atoms with E-state index in [2.05, 4.69) is 23.8 Å². The van der Waals surface area contributed by atoms with E-state index in [1.807, 2.05) is 24.3 Å². The minimum Gasteiger partial charge on any atom is -0.380 e. The van der Waals surface area contributed by atoms with E-state index in [0.717, 1.165) is 37.1 Å². The van der Waals surface area contributed by atoms with Crippen LogP contribution in [0.25, 0.3) is 10.9 Å². The van der Waals surface area contributed by atoms with Crippen LogP contribution in [-0.4, -0.2) is 17.8 Å². The number of aromatic nitrogens is 1. The quantitative estimate of drug-likeness (QED) is 0.729. The van der Waals surface area contributed by atoms with E-state index in [1.54, 1.807) is 0 Å². The van der Waals surface area contributed by atoms with E-state index in [0.29, 0.717) is 5.56 Å². The molecular weight excluding hydrogens is 224 g/mol. The predicted octanol–water partition coefficient (Wildman–Crippen LogP) is 3.33. The molecule has 0 saturated heterocycles. The lowest BCUT2D eigenvalue weighted by Crippen LogP contribution is -2.05. The number of benzene rings is 1. The number of nitriles is 1. The highest BCUT2D eigenvalue weighted by atomic mass is 16.5. The maximum atomic E-state index is 8.85. The number of hydrogen-bond donors (Lipinski definition) is 0. The maximum absolute atomic E-state index is 8.85. The third-order valence-corrected chi connectivity index (χ3v) is 3.02. The topological polar surface area (TPSA) is 38.0 Å². The number of ether oxygens (including phenoxy) is 1. The molecule has 2 rings (SSSR count). The summed E-state index contributed by atoms with van der Waals surface area (Å²) in [5.74, 6) is 0. The fourth-order valence-corrected chi connectivity index (χ4v) is 1.98. The standard InChI is InChI=1S/C15H18N2O/c1-2-3-9-18-10-8-17-7-6-14-11-13(12-16)4-5-15(14)17/h4-7,11H,2-3,8-10H2,1H3. The Balaban J connectivity index is 1.99. The fraction of sp³-hybridized carbons (Fsp3) is 0.400. The molecule has 18 heavy (non-hydrogen) atoms. The molecule has 0 unspecified atom stereocenters. The van der Waals surface area contributed by atoms with Crippen molar-refractivity contribution >= 4 is 10.9 Å². The van der Waals surface area contributed by atoms with Crippen LogP contribution < -0.4 is 0 Å². The minimum absolute atomic E-state index is 0.708. The Morgan fingerprint density at radius 2 is 2.17 bits per heavy atom. The van der Waals surface area contributed by atoms with E-state index in [9.17, 15) is 0 Å². The van der Waals surface area contributed by atoms with Crippen molar-refractivity contribution in [3.8, 4) is 6.07 Å². The highest BCUT2D eigenvalue weighted by Gasteiger charge is 2.01. The van der Waals surface area contributed by atoms with Crippen molar-refractivity contribution in [3.63, 3.8) is 0 Å². The smallest absolute Gasteiger partial charge is 0.0991 e. The van der Waals surface area contributed by atoms with Gasteiger partial charge in [-0.25, -0.2) is 0 Å². The summed E-state index contributed by atoms with van der Waals surface area (Å²) in [6.07, 6.45) is 4.34. The molecule has 2 aromatic rings. The average Bonchev–Trinajstić information content (AvgIpc) is 2.81. The zero-order valence-electron chi connectivity index (χ0n) is 10.7. The van der Waals surface area contributed by atoms with E-state index < -0.39 is 0 Å². The lowest BCUT2D eigenvalue weighted by Gasteiger charge is -2.06. The van der Waals surface area contributed by atoms with Crippen LogP contribution in [0.3, 0.4) is 0 Å². The molecule has 94 valence electrons. The van der Waals surface area contributed by atoms with Gasteiger partial charge in [-0.2, -0.15) is 5.26 Å². The molecule has 0 bridgehead atoms. The monoisotopic (exact) mass is 242 g/mol. The Kier molecular flexibility index (Phi) is 4.38. The lowest BCUT2D eigenvalue weighted by molar-refractivity contribution is 0.124. The minimum atomic E-state index is 0.708. The molecule has 0 atom stereocenters. The van der Waals surface area contributed by atoms with Crippen LogP contribution in [-0.2, 0) is 11.3 Å². The summed E-state index contributed by atoms with van der Waals surface area (Å²) in [6, 6.07) is 9.98. The van der Waals surface area contributed by atoms with Crippen LogP contribution in [0.1, 0.15) is 25.3 Å². The van der Waals surface area contributed by atoms with Gasteiger partial charge in [-0.15, -0.1) is 0 Å². The predicted molar refractivity (Wildman–Crippen MR) is 72.4 cm³/mol. The number of nitrogens with zero attached hydrogens (tertiary/aromatic N) is 2. The molecule has 1 aromatic carbocycles. The van der Waals surface area contributed by atoms with Gasteiger partial charge in [-0.3, -0.25) is 0 Å². The van der Waals surface area contributed by atoms with Crippen LogP contribution >= 0.6 is 0 Å². The second-order valence-electron chi connectivity index (χ2n) is 4.36. The first kappa shape index (κ1) is 12.7. The van der Waals surface area contributed by atoms with Crippen molar-refractivity contribution in [1.29, 1.82) is 5.26 Å². The van der Waals surface area contributed by atoms with Gasteiger partial charge in [-0.1, -0.05) is 13.3 Å². The van der Waals surface area contributed by atoms with Crippen molar-refractivity contribution in [3.05, 3.63) is 36.0 Å². The van der Waals surface area contributed by atoms with Crippen LogP contribution in [0.2, 0.25) is 0 Å². The Bertz CT molecular complexity index is 551. The molecule has 0 amide bonds. The van der Waals surface area contributed by atoms with E-state index in [1.165, 1.54) is 6.42 Å². The van der Waals surface area contributed by atoms with Gasteiger partial charge >= 0.3 is 0 Å². The Morgan fingerprint density at radius 3 is 2.94 bits per heavy atom. The first-order valence-electron chi connectivity index (χ1n) is 6.42. The van der Waals surface area contributed by atoms with E-state index >= 15 is 0 Å². The largest absolute Gasteiger partial charge is 0.380 e. The Hall–Kier alpha value is -1.79. The zero-order chi connectivity index (χ0) is 12.8. The van der Waals surface area contributed by atoms with Crippen LogP contribution in [0.5, 0.6) is 0 Å². The van der Waals surface area contributed by atoms with Crippen LogP contribution in [0.4, 0.5) is 0 Å². The third-order valence-electron chi connectivity index (χ3n) is 3.02. The summed E-state index contributed by atoms with van der Waals surface area (Å²) in [5.41, 5.74) is 1.87. The Labute approximate surface area is 108 Å². The molecule has 3 nitrogen and oxygen atoms in total. The summed E-state index contributed by atoms with van der Waals surface area (Å²) in [4.78, 5) is 0. The van der Waals surface area contributed by atoms with Gasteiger partial charge in [-0.05, 0) is 30.7 Å². The van der Waals surface area contributed by atoms with Crippen molar-refractivity contribution < 1.29 is 4.74 Å². The third kappa shape index (κ3) is 2.91. The van der Waals surface area contributed by atoms with Gasteiger partial charge in [0.05, 0.1) is 18.2 Å². The molecule has 0 fully saturated rings. The van der Waals surface area contributed by atoms with Crippen molar-refractivity contribution in [2.24, 2.45) is 0 Å². The normalized spacial score (nSPS) is 10.7. The van der Waals surface area contributed by atoms with E-state index in [-0.39, 0.29) is 0 Å². The second-order valence-corrected chi connectivity index (χ2v) is 4.36. The molecule has 0 aliphatic carbocycles. The van der Waals surface area contributed by atoms with Crippen molar-refractivity contribution in [1.82, 2.24) is 4.57 Å². The zero-order valence-corrected chi connectivity index (χ0v) is 10.7. The molecule has 0 N–H and O–H groups in total. The summed E-state index contributed by atoms with van der Waals surface area (Å²) >= 11 is 0. The van der Waals surface area contributed by atoms with Gasteiger partial charge in [0.25, 0.3) is 0 Å². The van der Waals surface area contributed by atoms with E-state index in [4.69, 9.17) is 10.00 Å². The SMILES string of the molecule is CCCCOCCn1ccc2cc(C#N)ccc21. The van der Waals surface area contributed by atoms with Gasteiger partial charge in [0.2, 0.25) is 0 Å². The highest BCUT2D eigenvalue weighted by Crippen LogP contribution is 2.17. The molecule has 3 heteroatoms. The first-order valence-corrected chi connectivity index (χ1v) is 6.42. The first-order chi connectivity index (χ1) is 8.85. The molecule has 1 heterocycles. The Morgan fingerprint density at radius 1 is 1.28 bits per heavy atom. The average molecular weight is 242 g/mol. The molecule has 0 spiro atoms. The van der Waals surface area contributed by atoms with Crippen molar-refractivity contribution in [2.45, 2.75) is 26.3 Å².